The number of rotatable bonds is 4. The second kappa shape index (κ2) is 5.99. The first kappa shape index (κ1) is 11.5. The van der Waals surface area contributed by atoms with Gasteiger partial charge in [0.05, 0.1) is 0 Å². The summed E-state index contributed by atoms with van der Waals surface area (Å²) in [6, 6.07) is 8.78. The SMILES string of the molecule is C/C=C/CN[C@@H](C)c1cccc(Br)c1. The molecule has 1 aromatic carbocycles. The van der Waals surface area contributed by atoms with Crippen LogP contribution in [0.3, 0.4) is 0 Å². The maximum absolute atomic E-state index is 3.47. The minimum atomic E-state index is 0.392. The summed E-state index contributed by atoms with van der Waals surface area (Å²) in [6.45, 7) is 5.13. The van der Waals surface area contributed by atoms with Crippen LogP contribution in [-0.2, 0) is 0 Å². The van der Waals surface area contributed by atoms with Crippen LogP contribution in [0.25, 0.3) is 0 Å². The normalized spacial score (nSPS) is 13.4. The zero-order valence-corrected chi connectivity index (χ0v) is 10.2. The predicted molar refractivity (Wildman–Crippen MR) is 65.4 cm³/mol. The number of benzene rings is 1. The standard InChI is InChI=1S/C12H16BrN/c1-3-4-8-14-10(2)11-6-5-7-12(13)9-11/h3-7,9-10,14H,8H2,1-2H3/b4-3+/t10-/m0/s1. The Morgan fingerprint density at radius 2 is 2.29 bits per heavy atom. The first-order valence-electron chi connectivity index (χ1n) is 4.84. The van der Waals surface area contributed by atoms with Crippen LogP contribution in [0.15, 0.2) is 40.9 Å². The zero-order chi connectivity index (χ0) is 10.4. The number of hydrogen-bond donors (Lipinski definition) is 1. The fourth-order valence-electron chi connectivity index (χ4n) is 1.26. The summed E-state index contributed by atoms with van der Waals surface area (Å²) < 4.78 is 1.13. The maximum atomic E-state index is 3.47. The van der Waals surface area contributed by atoms with E-state index in [9.17, 15) is 0 Å². The molecule has 2 heteroatoms. The number of nitrogens with one attached hydrogen (secondary N) is 1. The van der Waals surface area contributed by atoms with Crippen LogP contribution in [0.5, 0.6) is 0 Å². The van der Waals surface area contributed by atoms with E-state index < -0.39 is 0 Å². The molecule has 1 nitrogen and oxygen atoms in total. The summed E-state index contributed by atoms with van der Waals surface area (Å²) in [4.78, 5) is 0. The molecule has 0 saturated carbocycles. The quantitative estimate of drug-likeness (QED) is 0.808. The summed E-state index contributed by atoms with van der Waals surface area (Å²) in [6.07, 6.45) is 4.18. The molecule has 0 fully saturated rings. The second-order valence-electron chi connectivity index (χ2n) is 3.25. The molecule has 0 spiro atoms. The minimum absolute atomic E-state index is 0.392. The van der Waals surface area contributed by atoms with Crippen LogP contribution in [-0.4, -0.2) is 6.54 Å². The average Bonchev–Trinajstić information content (AvgIpc) is 2.18. The first-order chi connectivity index (χ1) is 6.74. The maximum Gasteiger partial charge on any atom is 0.0295 e. The largest absolute Gasteiger partial charge is 0.307 e. The molecule has 1 atom stereocenters. The third-order valence-electron chi connectivity index (χ3n) is 2.13. The summed E-state index contributed by atoms with van der Waals surface area (Å²) >= 11 is 3.47. The van der Waals surface area contributed by atoms with Crippen molar-refractivity contribution in [3.63, 3.8) is 0 Å². The van der Waals surface area contributed by atoms with Crippen LogP contribution in [0.2, 0.25) is 0 Å². The van der Waals surface area contributed by atoms with Crippen molar-refractivity contribution in [1.29, 1.82) is 0 Å². The van der Waals surface area contributed by atoms with Gasteiger partial charge in [0.2, 0.25) is 0 Å². The van der Waals surface area contributed by atoms with E-state index in [1.54, 1.807) is 0 Å². The molecule has 1 N–H and O–H groups in total. The van der Waals surface area contributed by atoms with E-state index in [4.69, 9.17) is 0 Å². The minimum Gasteiger partial charge on any atom is -0.307 e. The Hall–Kier alpha value is -0.600. The van der Waals surface area contributed by atoms with Crippen LogP contribution in [0.1, 0.15) is 25.5 Å². The second-order valence-corrected chi connectivity index (χ2v) is 4.17. The predicted octanol–water partition coefficient (Wildman–Crippen LogP) is 3.68. The molecule has 14 heavy (non-hydrogen) atoms. The Morgan fingerprint density at radius 3 is 2.93 bits per heavy atom. The molecule has 1 aromatic rings. The fraction of sp³-hybridized carbons (Fsp3) is 0.333. The molecule has 0 unspecified atom stereocenters. The van der Waals surface area contributed by atoms with Gasteiger partial charge in [-0.3, -0.25) is 0 Å². The average molecular weight is 254 g/mol. The molecule has 0 amide bonds. The van der Waals surface area contributed by atoms with Crippen molar-refractivity contribution in [2.24, 2.45) is 0 Å². The van der Waals surface area contributed by atoms with Gasteiger partial charge in [0, 0.05) is 17.1 Å². The van der Waals surface area contributed by atoms with Gasteiger partial charge >= 0.3 is 0 Å². The van der Waals surface area contributed by atoms with Gasteiger partial charge in [0.15, 0.2) is 0 Å². The van der Waals surface area contributed by atoms with Crippen molar-refractivity contribution in [1.82, 2.24) is 5.32 Å². The highest BCUT2D eigenvalue weighted by Gasteiger charge is 2.02. The van der Waals surface area contributed by atoms with Crippen LogP contribution >= 0.6 is 15.9 Å². The molecule has 0 bridgehead atoms. The number of hydrogen-bond acceptors (Lipinski definition) is 1. The highest BCUT2D eigenvalue weighted by Crippen LogP contribution is 2.17. The van der Waals surface area contributed by atoms with Crippen molar-refractivity contribution in [3.05, 3.63) is 46.5 Å². The highest BCUT2D eigenvalue weighted by molar-refractivity contribution is 9.10. The molecule has 0 aliphatic rings. The molecule has 76 valence electrons. The molecular formula is C12H16BrN. The first-order valence-corrected chi connectivity index (χ1v) is 5.63. The molecule has 1 rings (SSSR count). The van der Waals surface area contributed by atoms with Crippen molar-refractivity contribution in [3.8, 4) is 0 Å². The van der Waals surface area contributed by atoms with E-state index in [0.29, 0.717) is 6.04 Å². The molecule has 0 aromatic heterocycles. The van der Waals surface area contributed by atoms with Crippen LogP contribution in [0, 0.1) is 0 Å². The molecule has 0 aliphatic carbocycles. The van der Waals surface area contributed by atoms with Crippen molar-refractivity contribution >= 4 is 15.9 Å². The van der Waals surface area contributed by atoms with Gasteiger partial charge in [-0.05, 0) is 31.5 Å². The van der Waals surface area contributed by atoms with Gasteiger partial charge in [0.1, 0.15) is 0 Å². The van der Waals surface area contributed by atoms with Crippen LogP contribution in [0.4, 0.5) is 0 Å². The third kappa shape index (κ3) is 3.64. The van der Waals surface area contributed by atoms with Crippen molar-refractivity contribution < 1.29 is 0 Å². The third-order valence-corrected chi connectivity index (χ3v) is 2.62. The Labute approximate surface area is 94.3 Å². The van der Waals surface area contributed by atoms with Crippen molar-refractivity contribution in [2.75, 3.05) is 6.54 Å². The molecular weight excluding hydrogens is 238 g/mol. The summed E-state index contributed by atoms with van der Waals surface area (Å²) in [7, 11) is 0. The van der Waals surface area contributed by atoms with E-state index in [0.717, 1.165) is 11.0 Å². The Kier molecular flexibility index (Phi) is 4.91. The van der Waals surface area contributed by atoms with E-state index in [2.05, 4.69) is 58.5 Å². The zero-order valence-electron chi connectivity index (χ0n) is 8.63. The lowest BCUT2D eigenvalue weighted by Crippen LogP contribution is -2.18. The van der Waals surface area contributed by atoms with Crippen LogP contribution < -0.4 is 5.32 Å². The van der Waals surface area contributed by atoms with E-state index in [1.165, 1.54) is 5.56 Å². The van der Waals surface area contributed by atoms with Gasteiger partial charge in [-0.15, -0.1) is 0 Å². The number of allylic oxidation sites excluding steroid dienone is 1. The van der Waals surface area contributed by atoms with Crippen molar-refractivity contribution in [2.45, 2.75) is 19.9 Å². The number of halogens is 1. The monoisotopic (exact) mass is 253 g/mol. The van der Waals surface area contributed by atoms with Gasteiger partial charge in [0.25, 0.3) is 0 Å². The molecule has 0 saturated heterocycles. The Bertz CT molecular complexity index is 307. The lowest BCUT2D eigenvalue weighted by Gasteiger charge is -2.12. The van der Waals surface area contributed by atoms with Gasteiger partial charge in [-0.2, -0.15) is 0 Å². The molecule has 0 heterocycles. The molecule has 0 radical (unpaired) electrons. The summed E-state index contributed by atoms with van der Waals surface area (Å²) in [5.74, 6) is 0. The van der Waals surface area contributed by atoms with E-state index >= 15 is 0 Å². The van der Waals surface area contributed by atoms with Gasteiger partial charge < -0.3 is 5.32 Å². The lowest BCUT2D eigenvalue weighted by atomic mass is 10.1. The Balaban J connectivity index is 2.55. The molecule has 0 aliphatic heterocycles. The van der Waals surface area contributed by atoms with E-state index in [-0.39, 0.29) is 0 Å². The van der Waals surface area contributed by atoms with Gasteiger partial charge in [-0.1, -0.05) is 40.2 Å². The smallest absolute Gasteiger partial charge is 0.0295 e. The van der Waals surface area contributed by atoms with Gasteiger partial charge in [-0.25, -0.2) is 0 Å². The topological polar surface area (TPSA) is 12.0 Å². The lowest BCUT2D eigenvalue weighted by molar-refractivity contribution is 0.617. The summed E-state index contributed by atoms with van der Waals surface area (Å²) in [5.41, 5.74) is 1.31. The Morgan fingerprint density at radius 1 is 1.50 bits per heavy atom. The highest BCUT2D eigenvalue weighted by atomic mass is 79.9. The van der Waals surface area contributed by atoms with E-state index in [1.807, 2.05) is 13.0 Å². The summed E-state index contributed by atoms with van der Waals surface area (Å²) in [5, 5.41) is 3.42. The fourth-order valence-corrected chi connectivity index (χ4v) is 1.67.